The molecule has 0 aliphatic carbocycles. The first-order valence-corrected chi connectivity index (χ1v) is 10.9. The minimum absolute atomic E-state index is 0.0858. The number of benzene rings is 2. The Bertz CT molecular complexity index is 1160. The van der Waals surface area contributed by atoms with Crippen molar-refractivity contribution in [1.82, 2.24) is 15.3 Å². The van der Waals surface area contributed by atoms with E-state index < -0.39 is 0 Å². The number of H-pyrrole nitrogens is 1. The van der Waals surface area contributed by atoms with E-state index in [0.29, 0.717) is 12.2 Å². The number of nitrogens with zero attached hydrogens (tertiary/aromatic N) is 1. The van der Waals surface area contributed by atoms with Crippen molar-refractivity contribution in [2.45, 2.75) is 18.0 Å². The molecule has 150 valence electrons. The number of aromatic nitrogens is 2. The average molecular weight is 416 g/mol. The van der Waals surface area contributed by atoms with E-state index in [1.807, 2.05) is 66.9 Å². The lowest BCUT2D eigenvalue weighted by molar-refractivity contribution is 0.0957. The van der Waals surface area contributed by atoms with Crippen LogP contribution < -0.4 is 10.1 Å². The van der Waals surface area contributed by atoms with E-state index in [2.05, 4.69) is 15.3 Å². The molecule has 0 radical (unpaired) electrons. The van der Waals surface area contributed by atoms with Crippen LogP contribution in [0, 0.1) is 0 Å². The van der Waals surface area contributed by atoms with Gasteiger partial charge in [0.15, 0.2) is 5.78 Å². The highest BCUT2D eigenvalue weighted by Gasteiger charge is 2.32. The average Bonchev–Trinajstić information content (AvgIpc) is 3.46. The van der Waals surface area contributed by atoms with Gasteiger partial charge in [0.25, 0.3) is 0 Å². The van der Waals surface area contributed by atoms with Gasteiger partial charge < -0.3 is 9.72 Å². The third-order valence-corrected chi connectivity index (χ3v) is 6.52. The van der Waals surface area contributed by atoms with Crippen LogP contribution in [0.4, 0.5) is 0 Å². The summed E-state index contributed by atoms with van der Waals surface area (Å²) < 4.78 is 5.95. The smallest absolute Gasteiger partial charge is 0.182 e. The number of pyridine rings is 1. The summed E-state index contributed by atoms with van der Waals surface area (Å²) >= 11 is 1.74. The van der Waals surface area contributed by atoms with E-state index in [-0.39, 0.29) is 17.2 Å². The van der Waals surface area contributed by atoms with Gasteiger partial charge in [-0.2, -0.15) is 0 Å². The van der Waals surface area contributed by atoms with Crippen molar-refractivity contribution in [3.05, 3.63) is 95.9 Å². The molecular weight excluding hydrogens is 394 g/mol. The second-order valence-electron chi connectivity index (χ2n) is 7.27. The maximum absolute atomic E-state index is 13.2. The number of ketones is 1. The first kappa shape index (κ1) is 18.9. The van der Waals surface area contributed by atoms with Gasteiger partial charge in [-0.3, -0.25) is 15.1 Å². The molecule has 1 saturated heterocycles. The number of carbonyl (C=O) groups is 1. The summed E-state index contributed by atoms with van der Waals surface area (Å²) in [5.41, 5.74) is 3.82. The van der Waals surface area contributed by atoms with Crippen LogP contribution in [0.5, 0.6) is 5.75 Å². The highest BCUT2D eigenvalue weighted by atomic mass is 32.2. The van der Waals surface area contributed by atoms with E-state index in [9.17, 15) is 4.79 Å². The molecule has 1 fully saturated rings. The number of thioether (sulfide) groups is 1. The molecule has 2 aromatic carbocycles. The lowest BCUT2D eigenvalue weighted by atomic mass is 10.0. The number of nitrogens with one attached hydrogen (secondary N) is 2. The Morgan fingerprint density at radius 1 is 1.13 bits per heavy atom. The lowest BCUT2D eigenvalue weighted by Crippen LogP contribution is -2.34. The molecule has 2 unspecified atom stereocenters. The summed E-state index contributed by atoms with van der Waals surface area (Å²) in [5.74, 6) is 1.58. The predicted octanol–water partition coefficient (Wildman–Crippen LogP) is 4.73. The fourth-order valence-corrected chi connectivity index (χ4v) is 4.89. The molecule has 5 nitrogen and oxygen atoms in total. The van der Waals surface area contributed by atoms with Crippen molar-refractivity contribution >= 4 is 28.4 Å². The number of rotatable bonds is 6. The predicted molar refractivity (Wildman–Crippen MR) is 120 cm³/mol. The molecule has 2 atom stereocenters. The zero-order valence-electron chi connectivity index (χ0n) is 16.2. The van der Waals surface area contributed by atoms with Crippen molar-refractivity contribution in [3.8, 4) is 5.75 Å². The summed E-state index contributed by atoms with van der Waals surface area (Å²) in [6.07, 6.45) is 5.41. The van der Waals surface area contributed by atoms with Crippen LogP contribution in [0.15, 0.2) is 79.3 Å². The highest BCUT2D eigenvalue weighted by Crippen LogP contribution is 2.34. The van der Waals surface area contributed by atoms with Crippen molar-refractivity contribution in [2.75, 3.05) is 5.75 Å². The number of ether oxygens (including phenoxy) is 1. The van der Waals surface area contributed by atoms with Gasteiger partial charge in [-0.15, -0.1) is 11.8 Å². The van der Waals surface area contributed by atoms with Crippen molar-refractivity contribution < 1.29 is 9.53 Å². The van der Waals surface area contributed by atoms with E-state index in [4.69, 9.17) is 4.74 Å². The minimum Gasteiger partial charge on any atom is -0.489 e. The molecule has 0 amide bonds. The zero-order chi connectivity index (χ0) is 20.3. The van der Waals surface area contributed by atoms with Gasteiger partial charge in [-0.1, -0.05) is 36.4 Å². The monoisotopic (exact) mass is 415 g/mol. The maximum atomic E-state index is 13.2. The van der Waals surface area contributed by atoms with Gasteiger partial charge in [0.05, 0.1) is 11.4 Å². The number of Topliss-reactive ketones (excluding diaryl/α,β-unsaturated/α-hetero) is 1. The normalized spacial score (nSPS) is 18.5. The van der Waals surface area contributed by atoms with E-state index in [1.54, 1.807) is 24.2 Å². The molecule has 0 saturated carbocycles. The zero-order valence-corrected chi connectivity index (χ0v) is 17.1. The number of carbonyl (C=O) groups excluding carboxylic acids is 1. The van der Waals surface area contributed by atoms with Crippen molar-refractivity contribution in [1.29, 1.82) is 0 Å². The molecule has 0 bridgehead atoms. The summed E-state index contributed by atoms with van der Waals surface area (Å²) in [4.78, 5) is 20.6. The number of aromatic amines is 1. The topological polar surface area (TPSA) is 67.0 Å². The van der Waals surface area contributed by atoms with E-state index in [0.717, 1.165) is 33.5 Å². The maximum Gasteiger partial charge on any atom is 0.182 e. The number of hydrogen-bond acceptors (Lipinski definition) is 5. The number of fused-ring (bicyclic) bond motifs is 1. The second-order valence-corrected chi connectivity index (χ2v) is 8.41. The number of hydrogen-bond donors (Lipinski definition) is 2. The molecule has 0 spiro atoms. The molecule has 3 heterocycles. The van der Waals surface area contributed by atoms with Gasteiger partial charge in [0.2, 0.25) is 0 Å². The van der Waals surface area contributed by atoms with Gasteiger partial charge in [0, 0.05) is 40.8 Å². The van der Waals surface area contributed by atoms with Gasteiger partial charge in [-0.05, 0) is 35.4 Å². The first-order chi connectivity index (χ1) is 14.8. The molecular formula is C24H21N3O2S. The molecule has 1 aliphatic rings. The summed E-state index contributed by atoms with van der Waals surface area (Å²) in [6.45, 7) is 0.494. The highest BCUT2D eigenvalue weighted by molar-refractivity contribution is 7.99. The summed E-state index contributed by atoms with van der Waals surface area (Å²) in [5, 5.41) is 4.43. The second kappa shape index (κ2) is 8.34. The fraction of sp³-hybridized carbons (Fsp3) is 0.167. The van der Waals surface area contributed by atoms with E-state index >= 15 is 0 Å². The van der Waals surface area contributed by atoms with Gasteiger partial charge in [0.1, 0.15) is 12.4 Å². The first-order valence-electron chi connectivity index (χ1n) is 9.87. The Morgan fingerprint density at radius 2 is 2.03 bits per heavy atom. The molecule has 30 heavy (non-hydrogen) atoms. The fourth-order valence-electron chi connectivity index (χ4n) is 3.67. The molecule has 5 rings (SSSR count). The molecule has 2 N–H and O–H groups in total. The van der Waals surface area contributed by atoms with Crippen LogP contribution in [0.2, 0.25) is 0 Å². The third kappa shape index (κ3) is 3.84. The molecule has 6 heteroatoms. The minimum atomic E-state index is -0.229. The van der Waals surface area contributed by atoms with Gasteiger partial charge in [-0.25, -0.2) is 0 Å². The van der Waals surface area contributed by atoms with Crippen molar-refractivity contribution in [2.24, 2.45) is 0 Å². The summed E-state index contributed by atoms with van der Waals surface area (Å²) in [7, 11) is 0. The Kier molecular flexibility index (Phi) is 5.26. The van der Waals surface area contributed by atoms with Gasteiger partial charge >= 0.3 is 0 Å². The van der Waals surface area contributed by atoms with E-state index in [1.165, 1.54) is 0 Å². The van der Waals surface area contributed by atoms with Crippen molar-refractivity contribution in [3.63, 3.8) is 0 Å². The third-order valence-electron chi connectivity index (χ3n) is 5.25. The molecule has 2 aromatic heterocycles. The Morgan fingerprint density at radius 3 is 2.87 bits per heavy atom. The Hall–Kier alpha value is -3.09. The van der Waals surface area contributed by atoms with Crippen LogP contribution in [0.3, 0.4) is 0 Å². The quantitative estimate of drug-likeness (QED) is 0.446. The summed E-state index contributed by atoms with van der Waals surface area (Å²) in [6, 6.07) is 19.6. The Labute approximate surface area is 178 Å². The van der Waals surface area contributed by atoms with Crippen LogP contribution in [0.25, 0.3) is 10.9 Å². The Balaban J connectivity index is 1.33. The molecule has 4 aromatic rings. The standard InChI is InChI=1S/C24H21N3O2S/c28-23(22-15-30-24(27-22)17-7-4-10-25-12-17)20-13-26-21-9-8-18(11-19(20)21)29-14-16-5-2-1-3-6-16/h1-13,22,24,26-27H,14-15H2. The van der Waals surface area contributed by atoms with Crippen LogP contribution in [0.1, 0.15) is 26.9 Å². The van der Waals surface area contributed by atoms with Crippen LogP contribution in [-0.2, 0) is 6.61 Å². The molecule has 1 aliphatic heterocycles. The lowest BCUT2D eigenvalue weighted by Gasteiger charge is -2.12. The SMILES string of the molecule is O=C(c1c[nH]c2ccc(OCc3ccccc3)cc12)C1CSC(c2cccnc2)N1. The van der Waals surface area contributed by atoms with Crippen LogP contribution in [-0.4, -0.2) is 27.5 Å². The largest absolute Gasteiger partial charge is 0.489 e. The van der Waals surface area contributed by atoms with Crippen LogP contribution >= 0.6 is 11.8 Å².